The molecule has 4 nitrogen and oxygen atoms in total. The number of nitrogens with one attached hydrogen (secondary N) is 1. The number of hydrogen-bond donors (Lipinski definition) is 1. The Labute approximate surface area is 125 Å². The van der Waals surface area contributed by atoms with Crippen molar-refractivity contribution >= 4 is 12.0 Å². The highest BCUT2D eigenvalue weighted by Crippen LogP contribution is 2.15. The molecule has 1 atom stereocenters. The Morgan fingerprint density at radius 1 is 1.52 bits per heavy atom. The summed E-state index contributed by atoms with van der Waals surface area (Å²) in [4.78, 5) is 12.1. The van der Waals surface area contributed by atoms with E-state index in [1.165, 1.54) is 0 Å². The molecular formula is C17H20N2O2. The number of aryl methyl sites for hydroxylation is 2. The fourth-order valence-electron chi connectivity index (χ4n) is 2.40. The van der Waals surface area contributed by atoms with Crippen LogP contribution < -0.4 is 5.32 Å². The molecule has 2 rings (SSSR count). The number of carbonyl (C=O) groups is 1. The number of ether oxygens (including phenoxy) is 1. The van der Waals surface area contributed by atoms with E-state index >= 15 is 0 Å². The van der Waals surface area contributed by atoms with Gasteiger partial charge in [0.2, 0.25) is 0 Å². The maximum atomic E-state index is 12.1. The Morgan fingerprint density at radius 2 is 2.33 bits per heavy atom. The lowest BCUT2D eigenvalue weighted by Crippen LogP contribution is -2.32. The normalized spacial score (nSPS) is 18.3. The lowest BCUT2D eigenvalue weighted by molar-refractivity contribution is -0.117. The monoisotopic (exact) mass is 284 g/mol. The molecule has 110 valence electrons. The van der Waals surface area contributed by atoms with Crippen LogP contribution in [0.15, 0.2) is 23.8 Å². The second-order valence-electron chi connectivity index (χ2n) is 5.37. The smallest absolute Gasteiger partial charge is 0.262 e. The molecule has 1 aliphatic heterocycles. The average molecular weight is 284 g/mol. The maximum absolute atomic E-state index is 12.1. The summed E-state index contributed by atoms with van der Waals surface area (Å²) in [5, 5.41) is 12.0. The minimum absolute atomic E-state index is 0.0787. The molecule has 0 aromatic heterocycles. The predicted molar refractivity (Wildman–Crippen MR) is 81.5 cm³/mol. The maximum Gasteiger partial charge on any atom is 0.262 e. The van der Waals surface area contributed by atoms with Crippen LogP contribution in [0.5, 0.6) is 0 Å². The fourth-order valence-corrected chi connectivity index (χ4v) is 2.40. The van der Waals surface area contributed by atoms with Crippen LogP contribution in [0.2, 0.25) is 0 Å². The summed E-state index contributed by atoms with van der Waals surface area (Å²) in [6.07, 6.45) is 3.71. The number of carbonyl (C=O) groups excluding carboxylic acids is 1. The fraction of sp³-hybridized carbons (Fsp3) is 0.412. The number of hydrogen-bond acceptors (Lipinski definition) is 3. The van der Waals surface area contributed by atoms with E-state index in [1.54, 1.807) is 6.08 Å². The summed E-state index contributed by atoms with van der Waals surface area (Å²) in [6.45, 7) is 5.20. The zero-order chi connectivity index (χ0) is 15.2. The minimum Gasteiger partial charge on any atom is -0.376 e. The summed E-state index contributed by atoms with van der Waals surface area (Å²) >= 11 is 0. The van der Waals surface area contributed by atoms with Crippen LogP contribution in [0.25, 0.3) is 6.08 Å². The molecule has 0 aliphatic carbocycles. The van der Waals surface area contributed by atoms with Gasteiger partial charge in [0.15, 0.2) is 0 Å². The van der Waals surface area contributed by atoms with Gasteiger partial charge in [-0.1, -0.05) is 23.8 Å². The Hall–Kier alpha value is -2.12. The number of rotatable bonds is 4. The Morgan fingerprint density at radius 3 is 2.95 bits per heavy atom. The molecule has 0 saturated carbocycles. The zero-order valence-electron chi connectivity index (χ0n) is 12.5. The summed E-state index contributed by atoms with van der Waals surface area (Å²) in [6, 6.07) is 7.90. The number of amides is 1. The predicted octanol–water partition coefficient (Wildman–Crippen LogP) is 2.51. The first-order chi connectivity index (χ1) is 10.1. The van der Waals surface area contributed by atoms with Gasteiger partial charge in [-0.05, 0) is 43.9 Å². The second-order valence-corrected chi connectivity index (χ2v) is 5.37. The van der Waals surface area contributed by atoms with Crippen LogP contribution in [0.4, 0.5) is 0 Å². The molecule has 1 N–H and O–H groups in total. The van der Waals surface area contributed by atoms with Crippen molar-refractivity contribution in [1.82, 2.24) is 5.32 Å². The van der Waals surface area contributed by atoms with Crippen molar-refractivity contribution < 1.29 is 9.53 Å². The van der Waals surface area contributed by atoms with Crippen molar-refractivity contribution in [2.24, 2.45) is 0 Å². The summed E-state index contributed by atoms with van der Waals surface area (Å²) in [5.74, 6) is -0.340. The first-order valence-corrected chi connectivity index (χ1v) is 7.19. The molecule has 1 heterocycles. The van der Waals surface area contributed by atoms with Crippen molar-refractivity contribution in [3.05, 3.63) is 40.5 Å². The number of nitriles is 1. The van der Waals surface area contributed by atoms with Crippen LogP contribution in [-0.2, 0) is 9.53 Å². The first-order valence-electron chi connectivity index (χ1n) is 7.19. The molecule has 4 heteroatoms. The van der Waals surface area contributed by atoms with Gasteiger partial charge in [0, 0.05) is 13.2 Å². The van der Waals surface area contributed by atoms with Crippen molar-refractivity contribution in [1.29, 1.82) is 5.26 Å². The first kappa shape index (κ1) is 15.3. The molecule has 0 spiro atoms. The van der Waals surface area contributed by atoms with Crippen LogP contribution in [0.3, 0.4) is 0 Å². The van der Waals surface area contributed by atoms with E-state index < -0.39 is 0 Å². The van der Waals surface area contributed by atoms with E-state index in [1.807, 2.05) is 38.1 Å². The molecule has 1 aliphatic rings. The third-order valence-corrected chi connectivity index (χ3v) is 3.60. The Balaban J connectivity index is 2.05. The number of nitrogens with zero attached hydrogens (tertiary/aromatic N) is 1. The Bertz CT molecular complexity index is 593. The highest BCUT2D eigenvalue weighted by molar-refractivity contribution is 6.01. The quantitative estimate of drug-likeness (QED) is 0.682. The zero-order valence-corrected chi connectivity index (χ0v) is 12.5. The molecule has 0 radical (unpaired) electrons. The topological polar surface area (TPSA) is 62.1 Å². The van der Waals surface area contributed by atoms with Gasteiger partial charge >= 0.3 is 0 Å². The molecule has 1 aromatic rings. The molecular weight excluding hydrogens is 264 g/mol. The lowest BCUT2D eigenvalue weighted by Gasteiger charge is -2.10. The van der Waals surface area contributed by atoms with Crippen molar-refractivity contribution in [2.45, 2.75) is 32.8 Å². The largest absolute Gasteiger partial charge is 0.376 e. The van der Waals surface area contributed by atoms with Crippen molar-refractivity contribution in [2.75, 3.05) is 13.2 Å². The van der Waals surface area contributed by atoms with Gasteiger partial charge in [0.1, 0.15) is 11.6 Å². The highest BCUT2D eigenvalue weighted by atomic mass is 16.5. The molecule has 0 bridgehead atoms. The van der Waals surface area contributed by atoms with E-state index in [0.29, 0.717) is 6.54 Å². The number of benzene rings is 1. The van der Waals surface area contributed by atoms with E-state index in [-0.39, 0.29) is 17.6 Å². The lowest BCUT2D eigenvalue weighted by atomic mass is 10.0. The highest BCUT2D eigenvalue weighted by Gasteiger charge is 2.17. The molecule has 1 fully saturated rings. The van der Waals surface area contributed by atoms with Gasteiger partial charge in [0.05, 0.1) is 6.10 Å². The molecule has 1 aromatic carbocycles. The molecule has 1 amide bonds. The van der Waals surface area contributed by atoms with Gasteiger partial charge in [-0.15, -0.1) is 0 Å². The van der Waals surface area contributed by atoms with E-state index in [0.717, 1.165) is 36.1 Å². The molecule has 1 unspecified atom stereocenters. The van der Waals surface area contributed by atoms with Gasteiger partial charge in [0.25, 0.3) is 5.91 Å². The van der Waals surface area contributed by atoms with E-state index in [4.69, 9.17) is 4.74 Å². The van der Waals surface area contributed by atoms with Gasteiger partial charge in [-0.3, -0.25) is 4.79 Å². The van der Waals surface area contributed by atoms with Gasteiger partial charge in [-0.25, -0.2) is 0 Å². The van der Waals surface area contributed by atoms with Gasteiger partial charge in [-0.2, -0.15) is 5.26 Å². The average Bonchev–Trinajstić information content (AvgIpc) is 2.97. The third-order valence-electron chi connectivity index (χ3n) is 3.60. The van der Waals surface area contributed by atoms with Gasteiger partial charge < -0.3 is 10.1 Å². The molecule has 1 saturated heterocycles. The van der Waals surface area contributed by atoms with E-state index in [2.05, 4.69) is 5.32 Å². The summed E-state index contributed by atoms with van der Waals surface area (Å²) in [5.41, 5.74) is 3.23. The molecule has 21 heavy (non-hydrogen) atoms. The second kappa shape index (κ2) is 7.05. The standard InChI is InChI=1S/C17H20N2O2/c1-12-5-6-14(13(2)8-12)9-15(10-18)17(20)19-11-16-4-3-7-21-16/h5-6,8-9,16H,3-4,7,11H2,1-2H3,(H,19,20)/b15-9+. The van der Waals surface area contributed by atoms with Crippen LogP contribution in [0, 0.1) is 25.2 Å². The SMILES string of the molecule is Cc1ccc(/C=C(\C#N)C(=O)NCC2CCCO2)c(C)c1. The van der Waals surface area contributed by atoms with Crippen LogP contribution >= 0.6 is 0 Å². The summed E-state index contributed by atoms with van der Waals surface area (Å²) < 4.78 is 5.45. The van der Waals surface area contributed by atoms with Crippen molar-refractivity contribution in [3.8, 4) is 6.07 Å². The van der Waals surface area contributed by atoms with Crippen LogP contribution in [0.1, 0.15) is 29.5 Å². The summed E-state index contributed by atoms with van der Waals surface area (Å²) in [7, 11) is 0. The third kappa shape index (κ3) is 4.17. The van der Waals surface area contributed by atoms with Crippen LogP contribution in [-0.4, -0.2) is 25.2 Å². The van der Waals surface area contributed by atoms with E-state index in [9.17, 15) is 10.1 Å². The minimum atomic E-state index is -0.340. The Kier molecular flexibility index (Phi) is 5.13. The van der Waals surface area contributed by atoms with Crippen molar-refractivity contribution in [3.63, 3.8) is 0 Å².